The third-order valence-electron chi connectivity index (χ3n) is 3.79. The first kappa shape index (κ1) is 12.4. The van der Waals surface area contributed by atoms with Gasteiger partial charge in [-0.2, -0.15) is 0 Å². The van der Waals surface area contributed by atoms with E-state index in [1.165, 1.54) is 4.70 Å². The molecular formula is C14H16N2O2S. The van der Waals surface area contributed by atoms with Crippen LogP contribution in [0.3, 0.4) is 0 Å². The van der Waals surface area contributed by atoms with Crippen LogP contribution in [0, 0.1) is 5.92 Å². The molecule has 1 aliphatic rings. The Kier molecular flexibility index (Phi) is 3.38. The average Bonchev–Trinajstić information content (AvgIpc) is 2.88. The van der Waals surface area contributed by atoms with Crippen LogP contribution < -0.4 is 5.32 Å². The molecule has 0 spiro atoms. The van der Waals surface area contributed by atoms with Gasteiger partial charge in [-0.05, 0) is 30.4 Å². The van der Waals surface area contributed by atoms with Crippen molar-refractivity contribution in [2.45, 2.75) is 31.7 Å². The number of carboxylic acids is 1. The summed E-state index contributed by atoms with van der Waals surface area (Å²) in [6, 6.07) is 4.01. The van der Waals surface area contributed by atoms with E-state index in [9.17, 15) is 9.90 Å². The summed E-state index contributed by atoms with van der Waals surface area (Å²) in [5.74, 6) is -0.184. The average molecular weight is 276 g/mol. The highest BCUT2D eigenvalue weighted by Gasteiger charge is 2.31. The lowest BCUT2D eigenvalue weighted by Crippen LogP contribution is -2.37. The van der Waals surface area contributed by atoms with E-state index < -0.39 is 5.97 Å². The molecule has 1 saturated carbocycles. The van der Waals surface area contributed by atoms with Gasteiger partial charge in [0, 0.05) is 22.3 Å². The summed E-state index contributed by atoms with van der Waals surface area (Å²) in [7, 11) is 0. The van der Waals surface area contributed by atoms with Gasteiger partial charge in [0.05, 0.1) is 5.92 Å². The Hall–Kier alpha value is -1.62. The number of anilines is 1. The Morgan fingerprint density at radius 3 is 3.05 bits per heavy atom. The summed E-state index contributed by atoms with van der Waals surface area (Å²) in [6.45, 7) is 0. The molecule has 2 aromatic rings. The maximum atomic E-state index is 11.3. The molecule has 1 aliphatic carbocycles. The molecule has 100 valence electrons. The lowest BCUT2D eigenvalue weighted by atomic mass is 9.84. The van der Waals surface area contributed by atoms with E-state index in [2.05, 4.69) is 10.3 Å². The van der Waals surface area contributed by atoms with Crippen LogP contribution in [0.15, 0.2) is 23.7 Å². The predicted molar refractivity (Wildman–Crippen MR) is 76.6 cm³/mol. The molecule has 2 aromatic heterocycles. The van der Waals surface area contributed by atoms with Crippen LogP contribution in [0.2, 0.25) is 0 Å². The van der Waals surface area contributed by atoms with Gasteiger partial charge in [-0.1, -0.05) is 12.8 Å². The second-order valence-corrected chi connectivity index (χ2v) is 5.92. The lowest BCUT2D eigenvalue weighted by Gasteiger charge is -2.29. The molecule has 1 fully saturated rings. The third kappa shape index (κ3) is 2.42. The predicted octanol–water partition coefficient (Wildman–Crippen LogP) is 3.35. The summed E-state index contributed by atoms with van der Waals surface area (Å²) >= 11 is 1.67. The smallest absolute Gasteiger partial charge is 0.308 e. The quantitative estimate of drug-likeness (QED) is 0.902. The lowest BCUT2D eigenvalue weighted by molar-refractivity contribution is -0.143. The minimum absolute atomic E-state index is 0.00995. The normalized spacial score (nSPS) is 23.4. The summed E-state index contributed by atoms with van der Waals surface area (Å²) in [6.07, 6.45) is 5.53. The number of nitrogens with zero attached hydrogens (tertiary/aromatic N) is 1. The van der Waals surface area contributed by atoms with Gasteiger partial charge in [-0.3, -0.25) is 4.79 Å². The van der Waals surface area contributed by atoms with Gasteiger partial charge in [0.25, 0.3) is 0 Å². The third-order valence-corrected chi connectivity index (χ3v) is 4.67. The van der Waals surface area contributed by atoms with E-state index in [1.54, 1.807) is 17.5 Å². The topological polar surface area (TPSA) is 62.2 Å². The Morgan fingerprint density at radius 1 is 1.37 bits per heavy atom. The number of thiophene rings is 1. The van der Waals surface area contributed by atoms with Crippen molar-refractivity contribution in [3.63, 3.8) is 0 Å². The number of pyridine rings is 1. The molecule has 2 unspecified atom stereocenters. The second-order valence-electron chi connectivity index (χ2n) is 4.97. The molecule has 0 saturated heterocycles. The number of nitrogens with one attached hydrogen (secondary N) is 1. The van der Waals surface area contributed by atoms with Crippen molar-refractivity contribution in [3.8, 4) is 0 Å². The molecule has 2 atom stereocenters. The Morgan fingerprint density at radius 2 is 2.21 bits per heavy atom. The monoisotopic (exact) mass is 276 g/mol. The number of fused-ring (bicyclic) bond motifs is 1. The minimum Gasteiger partial charge on any atom is -0.481 e. The highest BCUT2D eigenvalue weighted by Crippen LogP contribution is 2.31. The first-order chi connectivity index (χ1) is 9.25. The molecule has 3 rings (SSSR count). The van der Waals surface area contributed by atoms with Crippen molar-refractivity contribution in [2.24, 2.45) is 5.92 Å². The summed E-state index contributed by atoms with van der Waals surface area (Å²) < 4.78 is 1.18. The van der Waals surface area contributed by atoms with Crippen LogP contribution >= 0.6 is 11.3 Å². The van der Waals surface area contributed by atoms with Crippen LogP contribution in [0.5, 0.6) is 0 Å². The summed E-state index contributed by atoms with van der Waals surface area (Å²) in [5.41, 5.74) is 0. The van der Waals surface area contributed by atoms with E-state index in [-0.39, 0.29) is 12.0 Å². The van der Waals surface area contributed by atoms with E-state index >= 15 is 0 Å². The molecule has 5 heteroatoms. The maximum absolute atomic E-state index is 11.3. The van der Waals surface area contributed by atoms with Crippen molar-refractivity contribution >= 4 is 33.2 Å². The van der Waals surface area contributed by atoms with Crippen molar-refractivity contribution in [1.29, 1.82) is 0 Å². The van der Waals surface area contributed by atoms with Crippen LogP contribution in [0.1, 0.15) is 25.7 Å². The molecule has 0 aliphatic heterocycles. The van der Waals surface area contributed by atoms with Crippen LogP contribution in [-0.4, -0.2) is 22.1 Å². The summed E-state index contributed by atoms with van der Waals surface area (Å²) in [4.78, 5) is 15.7. The van der Waals surface area contributed by atoms with Gasteiger partial charge in [-0.25, -0.2) is 4.98 Å². The van der Waals surface area contributed by atoms with Gasteiger partial charge >= 0.3 is 5.97 Å². The summed E-state index contributed by atoms with van der Waals surface area (Å²) in [5, 5.41) is 15.8. The van der Waals surface area contributed by atoms with Crippen molar-refractivity contribution < 1.29 is 9.90 Å². The number of carboxylic acid groups (broad SMARTS) is 1. The first-order valence-electron chi connectivity index (χ1n) is 6.57. The van der Waals surface area contributed by atoms with E-state index in [1.807, 2.05) is 17.5 Å². The highest BCUT2D eigenvalue weighted by atomic mass is 32.1. The second kappa shape index (κ2) is 5.17. The fraction of sp³-hybridized carbons (Fsp3) is 0.429. The van der Waals surface area contributed by atoms with Gasteiger partial charge in [0.1, 0.15) is 5.82 Å². The molecule has 2 N–H and O–H groups in total. The fourth-order valence-corrected chi connectivity index (χ4v) is 3.57. The van der Waals surface area contributed by atoms with Crippen LogP contribution in [0.4, 0.5) is 5.82 Å². The number of hydrogen-bond acceptors (Lipinski definition) is 4. The zero-order valence-corrected chi connectivity index (χ0v) is 11.3. The Balaban J connectivity index is 1.87. The molecular weight excluding hydrogens is 260 g/mol. The SMILES string of the molecule is O=C(O)C1CCCCC1Nc1nccc2sccc12. The van der Waals surface area contributed by atoms with Gasteiger partial charge in [0.2, 0.25) is 0 Å². The number of carbonyl (C=O) groups is 1. The van der Waals surface area contributed by atoms with Gasteiger partial charge < -0.3 is 10.4 Å². The minimum atomic E-state index is -0.699. The largest absolute Gasteiger partial charge is 0.481 e. The van der Waals surface area contributed by atoms with Crippen LogP contribution in [0.25, 0.3) is 10.1 Å². The Bertz CT molecular complexity index is 596. The number of rotatable bonds is 3. The molecule has 19 heavy (non-hydrogen) atoms. The van der Waals surface area contributed by atoms with Gasteiger partial charge in [0.15, 0.2) is 0 Å². The van der Waals surface area contributed by atoms with Gasteiger partial charge in [-0.15, -0.1) is 11.3 Å². The zero-order valence-electron chi connectivity index (χ0n) is 10.5. The van der Waals surface area contributed by atoms with E-state index in [0.717, 1.165) is 36.9 Å². The van der Waals surface area contributed by atoms with Crippen molar-refractivity contribution in [3.05, 3.63) is 23.7 Å². The molecule has 0 aromatic carbocycles. The van der Waals surface area contributed by atoms with Crippen LogP contribution in [-0.2, 0) is 4.79 Å². The molecule has 0 amide bonds. The number of aromatic nitrogens is 1. The molecule has 0 bridgehead atoms. The zero-order chi connectivity index (χ0) is 13.2. The van der Waals surface area contributed by atoms with Crippen molar-refractivity contribution in [2.75, 3.05) is 5.32 Å². The first-order valence-corrected chi connectivity index (χ1v) is 7.45. The van der Waals surface area contributed by atoms with E-state index in [4.69, 9.17) is 0 Å². The maximum Gasteiger partial charge on any atom is 0.308 e. The molecule has 4 nitrogen and oxygen atoms in total. The van der Waals surface area contributed by atoms with E-state index in [0.29, 0.717) is 0 Å². The number of hydrogen-bond donors (Lipinski definition) is 2. The standard InChI is InChI=1S/C14H16N2O2S/c17-14(18)9-3-1-2-4-11(9)16-13-10-6-8-19-12(10)5-7-15-13/h5-9,11H,1-4H2,(H,15,16)(H,17,18). The van der Waals surface area contributed by atoms with Crippen molar-refractivity contribution in [1.82, 2.24) is 4.98 Å². The number of aliphatic carboxylic acids is 1. The Labute approximate surface area is 115 Å². The molecule has 0 radical (unpaired) electrons. The molecule has 2 heterocycles. The highest BCUT2D eigenvalue weighted by molar-refractivity contribution is 7.17. The fourth-order valence-electron chi connectivity index (χ4n) is 2.78.